The smallest absolute Gasteiger partial charge is 0.408 e. The monoisotopic (exact) mass is 521 g/mol. The van der Waals surface area contributed by atoms with Crippen LogP contribution >= 0.6 is 0 Å². The minimum atomic E-state index is -0.999. The molecule has 0 saturated carbocycles. The second-order valence-electron chi connectivity index (χ2n) is 10.5. The van der Waals surface area contributed by atoms with Gasteiger partial charge in [0.15, 0.2) is 0 Å². The summed E-state index contributed by atoms with van der Waals surface area (Å²) in [7, 11) is 5.85. The van der Waals surface area contributed by atoms with Crippen molar-refractivity contribution in [3.63, 3.8) is 0 Å². The Morgan fingerprint density at radius 1 is 0.919 bits per heavy atom. The van der Waals surface area contributed by atoms with E-state index >= 15 is 0 Å². The van der Waals surface area contributed by atoms with Crippen molar-refractivity contribution in [3.05, 3.63) is 29.8 Å². The van der Waals surface area contributed by atoms with Gasteiger partial charge in [0.1, 0.15) is 29.5 Å². The highest BCUT2D eigenvalue weighted by Crippen LogP contribution is 2.17. The van der Waals surface area contributed by atoms with Crippen LogP contribution in [0, 0.1) is 5.92 Å². The second-order valence-corrected chi connectivity index (χ2v) is 10.5. The highest BCUT2D eigenvalue weighted by Gasteiger charge is 2.36. The molecule has 1 rings (SSSR count). The number of carbonyl (C=O) groups excluding carboxylic acids is 4. The summed E-state index contributed by atoms with van der Waals surface area (Å²) >= 11 is 0. The van der Waals surface area contributed by atoms with E-state index in [2.05, 4.69) is 5.32 Å². The molecule has 10 nitrogen and oxygen atoms in total. The highest BCUT2D eigenvalue weighted by molar-refractivity contribution is 5.92. The first-order valence-corrected chi connectivity index (χ1v) is 12.3. The topological polar surface area (TPSA) is 114 Å². The minimum Gasteiger partial charge on any atom is -0.497 e. The number of nitrogens with zero attached hydrogens (tertiary/aromatic N) is 2. The van der Waals surface area contributed by atoms with Gasteiger partial charge in [-0.1, -0.05) is 26.0 Å². The number of amides is 3. The predicted octanol–water partition coefficient (Wildman–Crippen LogP) is 3.02. The number of esters is 1. The lowest BCUT2D eigenvalue weighted by molar-refractivity contribution is -0.155. The van der Waals surface area contributed by atoms with Crippen LogP contribution in [0.2, 0.25) is 0 Å². The van der Waals surface area contributed by atoms with Gasteiger partial charge in [0, 0.05) is 20.5 Å². The van der Waals surface area contributed by atoms with Crippen molar-refractivity contribution in [1.29, 1.82) is 0 Å². The number of alkyl carbamates (subject to hydrolysis) is 1. The summed E-state index contributed by atoms with van der Waals surface area (Å²) in [6.07, 6.45) is -0.160. The third-order valence-electron chi connectivity index (χ3n) is 5.86. The standard InChI is InChI=1S/C27H43N3O7/c1-17(2)15-22(25(33)36-10)30(8)23(31)18(3)29(7)24(32)21(28-26(34)37-27(4,5)6)16-19-11-13-20(35-9)14-12-19/h11-14,17-18,21-22H,15-16H2,1-10H3,(H,28,34)/t18-,21-,22-/m0/s1. The van der Waals surface area contributed by atoms with Crippen LogP contribution in [0.3, 0.4) is 0 Å². The van der Waals surface area contributed by atoms with Gasteiger partial charge in [-0.2, -0.15) is 0 Å². The fraction of sp³-hybridized carbons (Fsp3) is 0.630. The third-order valence-corrected chi connectivity index (χ3v) is 5.86. The Bertz CT molecular complexity index is 925. The van der Waals surface area contributed by atoms with Gasteiger partial charge in [-0.15, -0.1) is 0 Å². The summed E-state index contributed by atoms with van der Waals surface area (Å²) in [6.45, 7) is 10.6. The van der Waals surface area contributed by atoms with Crippen LogP contribution < -0.4 is 10.1 Å². The Morgan fingerprint density at radius 3 is 1.95 bits per heavy atom. The van der Waals surface area contributed by atoms with Crippen molar-refractivity contribution in [2.24, 2.45) is 5.92 Å². The molecule has 3 amide bonds. The van der Waals surface area contributed by atoms with Gasteiger partial charge in [-0.3, -0.25) is 9.59 Å². The molecule has 37 heavy (non-hydrogen) atoms. The van der Waals surface area contributed by atoms with E-state index in [1.54, 1.807) is 59.1 Å². The molecule has 0 heterocycles. The van der Waals surface area contributed by atoms with Gasteiger partial charge in [0.05, 0.1) is 14.2 Å². The van der Waals surface area contributed by atoms with Crippen LogP contribution in [0.5, 0.6) is 5.75 Å². The lowest BCUT2D eigenvalue weighted by Gasteiger charge is -2.34. The number of hydrogen-bond acceptors (Lipinski definition) is 7. The van der Waals surface area contributed by atoms with E-state index in [9.17, 15) is 19.2 Å². The summed E-state index contributed by atoms with van der Waals surface area (Å²) in [4.78, 5) is 54.3. The number of likely N-dealkylation sites (N-methyl/N-ethyl adjacent to an activating group) is 2. The van der Waals surface area contributed by atoms with Crippen molar-refractivity contribution in [3.8, 4) is 5.75 Å². The molecule has 0 fully saturated rings. The molecule has 0 aromatic heterocycles. The lowest BCUT2D eigenvalue weighted by atomic mass is 10.0. The minimum absolute atomic E-state index is 0.140. The van der Waals surface area contributed by atoms with Crippen molar-refractivity contribution < 1.29 is 33.4 Å². The first kappa shape index (κ1) is 31.7. The molecule has 10 heteroatoms. The van der Waals surface area contributed by atoms with E-state index in [0.717, 1.165) is 5.56 Å². The third kappa shape index (κ3) is 9.93. The zero-order chi connectivity index (χ0) is 28.5. The zero-order valence-electron chi connectivity index (χ0n) is 23.8. The molecule has 0 aliphatic carbocycles. The molecule has 208 valence electrons. The Balaban J connectivity index is 3.16. The molecular formula is C27H43N3O7. The van der Waals surface area contributed by atoms with Crippen molar-refractivity contribution >= 4 is 23.9 Å². The molecule has 3 atom stereocenters. The molecule has 1 aromatic carbocycles. The Kier molecular flexibility index (Phi) is 11.9. The molecule has 1 N–H and O–H groups in total. The molecule has 0 spiro atoms. The van der Waals surface area contributed by atoms with Crippen LogP contribution in [-0.4, -0.2) is 85.7 Å². The number of ether oxygens (including phenoxy) is 3. The number of benzene rings is 1. The summed E-state index contributed by atoms with van der Waals surface area (Å²) in [5, 5.41) is 2.65. The predicted molar refractivity (Wildman–Crippen MR) is 140 cm³/mol. The average Bonchev–Trinajstić information content (AvgIpc) is 2.83. The van der Waals surface area contributed by atoms with Gasteiger partial charge in [-0.05, 0) is 57.7 Å². The second kappa shape index (κ2) is 13.9. The number of nitrogens with one attached hydrogen (secondary N) is 1. The molecular weight excluding hydrogens is 478 g/mol. The largest absolute Gasteiger partial charge is 0.497 e. The summed E-state index contributed by atoms with van der Waals surface area (Å²) in [6, 6.07) is 4.43. The maximum Gasteiger partial charge on any atom is 0.408 e. The first-order valence-electron chi connectivity index (χ1n) is 12.3. The molecule has 0 aliphatic rings. The van der Waals surface area contributed by atoms with Crippen LogP contribution in [0.4, 0.5) is 4.79 Å². The fourth-order valence-electron chi connectivity index (χ4n) is 3.69. The van der Waals surface area contributed by atoms with Crippen LogP contribution in [0.25, 0.3) is 0 Å². The van der Waals surface area contributed by atoms with Crippen LogP contribution in [0.1, 0.15) is 53.5 Å². The average molecular weight is 522 g/mol. The van der Waals surface area contributed by atoms with E-state index < -0.39 is 47.6 Å². The van der Waals surface area contributed by atoms with Crippen LogP contribution in [-0.2, 0) is 30.3 Å². The molecule has 0 radical (unpaired) electrons. The SMILES string of the molecule is COC(=O)[C@H](CC(C)C)N(C)C(=O)[C@H](C)N(C)C(=O)[C@H](Cc1ccc(OC)cc1)NC(=O)OC(C)(C)C. The van der Waals surface area contributed by atoms with Crippen molar-refractivity contribution in [1.82, 2.24) is 15.1 Å². The van der Waals surface area contributed by atoms with E-state index in [4.69, 9.17) is 14.2 Å². The molecule has 0 aliphatic heterocycles. The molecule has 0 unspecified atom stereocenters. The number of hydrogen-bond donors (Lipinski definition) is 1. The number of methoxy groups -OCH3 is 2. The zero-order valence-corrected chi connectivity index (χ0v) is 23.8. The summed E-state index contributed by atoms with van der Waals surface area (Å²) in [5.74, 6) is -0.620. The maximum absolute atomic E-state index is 13.5. The van der Waals surface area contributed by atoms with E-state index in [-0.39, 0.29) is 12.3 Å². The van der Waals surface area contributed by atoms with Crippen molar-refractivity contribution in [2.75, 3.05) is 28.3 Å². The lowest BCUT2D eigenvalue weighted by Crippen LogP contribution is -2.56. The van der Waals surface area contributed by atoms with Gasteiger partial charge in [-0.25, -0.2) is 9.59 Å². The number of rotatable bonds is 11. The van der Waals surface area contributed by atoms with E-state index in [1.165, 1.54) is 31.0 Å². The van der Waals surface area contributed by atoms with Gasteiger partial charge in [0.25, 0.3) is 0 Å². The Labute approximate surface area is 220 Å². The van der Waals surface area contributed by atoms with Gasteiger partial charge >= 0.3 is 12.1 Å². The summed E-state index contributed by atoms with van der Waals surface area (Å²) < 4.78 is 15.4. The fourth-order valence-corrected chi connectivity index (χ4v) is 3.69. The normalized spacial score (nSPS) is 13.7. The Hall–Kier alpha value is -3.30. The van der Waals surface area contributed by atoms with E-state index in [0.29, 0.717) is 12.2 Å². The van der Waals surface area contributed by atoms with Gasteiger partial charge in [0.2, 0.25) is 11.8 Å². The molecule has 0 bridgehead atoms. The maximum atomic E-state index is 13.5. The molecule has 1 aromatic rings. The highest BCUT2D eigenvalue weighted by atomic mass is 16.6. The van der Waals surface area contributed by atoms with E-state index in [1.807, 2.05) is 13.8 Å². The van der Waals surface area contributed by atoms with Crippen molar-refractivity contribution in [2.45, 2.75) is 78.1 Å². The van der Waals surface area contributed by atoms with Crippen LogP contribution in [0.15, 0.2) is 24.3 Å². The Morgan fingerprint density at radius 2 is 1.49 bits per heavy atom. The summed E-state index contributed by atoms with van der Waals surface area (Å²) in [5.41, 5.74) is 0.0250. The number of carbonyl (C=O) groups is 4. The molecule has 0 saturated heterocycles. The quantitative estimate of drug-likeness (QED) is 0.445. The van der Waals surface area contributed by atoms with Gasteiger partial charge < -0.3 is 29.3 Å². The first-order chi connectivity index (χ1) is 17.1.